The topological polar surface area (TPSA) is 74.3 Å². The third-order valence-electron chi connectivity index (χ3n) is 3.53. The molecule has 1 aromatic carbocycles. The smallest absolute Gasteiger partial charge is 0.227 e. The van der Waals surface area contributed by atoms with Gasteiger partial charge in [0.05, 0.1) is 0 Å². The number of rotatable bonds is 4. The van der Waals surface area contributed by atoms with E-state index in [1.807, 2.05) is 36.7 Å². The van der Waals surface area contributed by atoms with Crippen LogP contribution in [0.4, 0.5) is 0 Å². The quantitative estimate of drug-likeness (QED) is 0.441. The minimum absolute atomic E-state index is 0.151. The average molecular weight is 307 g/mol. The van der Waals surface area contributed by atoms with Crippen molar-refractivity contribution in [2.75, 3.05) is 0 Å². The third-order valence-corrected chi connectivity index (χ3v) is 3.53. The number of benzene rings is 1. The summed E-state index contributed by atoms with van der Waals surface area (Å²) in [6, 6.07) is 11.8. The molecular weight excluding hydrogens is 292 g/mol. The molecule has 23 heavy (non-hydrogen) atoms. The van der Waals surface area contributed by atoms with Crippen LogP contribution in [-0.4, -0.2) is 21.0 Å². The highest BCUT2D eigenvalue weighted by molar-refractivity contribution is 5.95. The molecule has 2 N–H and O–H groups in total. The van der Waals surface area contributed by atoms with Crippen molar-refractivity contribution in [2.45, 2.75) is 6.54 Å². The largest absolute Gasteiger partial charge is 0.504 e. The Balaban J connectivity index is 1.75. The van der Waals surface area contributed by atoms with Gasteiger partial charge < -0.3 is 10.2 Å². The Labute approximate surface area is 133 Å². The van der Waals surface area contributed by atoms with Crippen molar-refractivity contribution in [3.63, 3.8) is 0 Å². The molecule has 0 aliphatic rings. The highest BCUT2D eigenvalue weighted by atomic mass is 16.3. The molecule has 3 rings (SSSR count). The molecule has 0 spiro atoms. The summed E-state index contributed by atoms with van der Waals surface area (Å²) in [5.74, 6) is -0.688. The molecule has 0 amide bonds. The monoisotopic (exact) mass is 307 g/mol. The van der Waals surface area contributed by atoms with E-state index < -0.39 is 0 Å². The van der Waals surface area contributed by atoms with Gasteiger partial charge in [0.25, 0.3) is 0 Å². The molecule has 114 valence electrons. The van der Waals surface area contributed by atoms with Gasteiger partial charge >= 0.3 is 0 Å². The fraction of sp³-hybridized carbons (Fsp3) is 0.0556. The minimum Gasteiger partial charge on any atom is -0.504 e. The maximum atomic E-state index is 12.2. The summed E-state index contributed by atoms with van der Waals surface area (Å²) in [4.78, 5) is 16.2. The summed E-state index contributed by atoms with van der Waals surface area (Å²) < 4.78 is 1.76. The van der Waals surface area contributed by atoms with E-state index in [2.05, 4.69) is 4.98 Å². The number of hydrogen-bond acceptors (Lipinski definition) is 4. The van der Waals surface area contributed by atoms with Crippen LogP contribution in [0.1, 0.15) is 10.4 Å². The second kappa shape index (κ2) is 6.27. The van der Waals surface area contributed by atoms with Crippen LogP contribution in [0.15, 0.2) is 67.3 Å². The number of nitrogens with zero attached hydrogens (tertiary/aromatic N) is 2. The average Bonchev–Trinajstić information content (AvgIpc) is 2.59. The van der Waals surface area contributed by atoms with Gasteiger partial charge in [-0.25, -0.2) is 0 Å². The Morgan fingerprint density at radius 2 is 1.57 bits per heavy atom. The van der Waals surface area contributed by atoms with E-state index in [1.165, 1.54) is 18.2 Å². The number of carbonyl (C=O) groups is 1. The molecule has 0 radical (unpaired) electrons. The van der Waals surface area contributed by atoms with Gasteiger partial charge in [-0.2, -0.15) is 4.57 Å². The van der Waals surface area contributed by atoms with Crippen LogP contribution >= 0.6 is 0 Å². The lowest BCUT2D eigenvalue weighted by atomic mass is 10.1. The zero-order chi connectivity index (χ0) is 16.2. The molecule has 5 nitrogen and oxygen atoms in total. The van der Waals surface area contributed by atoms with Crippen LogP contribution in [0.2, 0.25) is 0 Å². The van der Waals surface area contributed by atoms with Gasteiger partial charge in [0.2, 0.25) is 12.3 Å². The maximum absolute atomic E-state index is 12.2. The molecule has 3 aromatic rings. The minimum atomic E-state index is -0.297. The van der Waals surface area contributed by atoms with Gasteiger partial charge in [0.1, 0.15) is 0 Å². The number of Topliss-reactive ketones (excluding diaryl/α,β-unsaturated/α-hetero) is 1. The zero-order valence-electron chi connectivity index (χ0n) is 12.3. The molecule has 5 heteroatoms. The molecule has 0 saturated carbocycles. The normalized spacial score (nSPS) is 10.4. The molecule has 0 aliphatic heterocycles. The van der Waals surface area contributed by atoms with Gasteiger partial charge in [-0.15, -0.1) is 0 Å². The maximum Gasteiger partial charge on any atom is 0.227 e. The Morgan fingerprint density at radius 3 is 2.22 bits per heavy atom. The van der Waals surface area contributed by atoms with Gasteiger partial charge in [0, 0.05) is 30.1 Å². The lowest BCUT2D eigenvalue weighted by Gasteiger charge is -2.02. The highest BCUT2D eigenvalue weighted by Crippen LogP contribution is 2.25. The molecule has 0 fully saturated rings. The van der Waals surface area contributed by atoms with Crippen LogP contribution in [-0.2, 0) is 6.54 Å². The summed E-state index contributed by atoms with van der Waals surface area (Å²) in [6.45, 7) is 0.154. The van der Waals surface area contributed by atoms with Crippen molar-refractivity contribution in [1.29, 1.82) is 0 Å². The lowest BCUT2D eigenvalue weighted by molar-refractivity contribution is -0.683. The molecule has 0 bridgehead atoms. The molecule has 0 saturated heterocycles. The van der Waals surface area contributed by atoms with Crippen molar-refractivity contribution < 1.29 is 19.6 Å². The van der Waals surface area contributed by atoms with Crippen LogP contribution in [0.25, 0.3) is 11.1 Å². The molecule has 2 heterocycles. The number of hydrogen-bond donors (Lipinski definition) is 2. The Morgan fingerprint density at radius 1 is 0.913 bits per heavy atom. The van der Waals surface area contributed by atoms with E-state index in [0.717, 1.165) is 11.1 Å². The van der Waals surface area contributed by atoms with Crippen molar-refractivity contribution in [2.24, 2.45) is 0 Å². The predicted molar refractivity (Wildman–Crippen MR) is 84.0 cm³/mol. The highest BCUT2D eigenvalue weighted by Gasteiger charge is 2.14. The van der Waals surface area contributed by atoms with Gasteiger partial charge in [-0.1, -0.05) is 0 Å². The first-order valence-electron chi connectivity index (χ1n) is 7.08. The summed E-state index contributed by atoms with van der Waals surface area (Å²) >= 11 is 0. The number of carbonyl (C=O) groups excluding carboxylic acids is 1. The van der Waals surface area contributed by atoms with E-state index in [-0.39, 0.29) is 23.8 Å². The van der Waals surface area contributed by atoms with E-state index in [9.17, 15) is 15.0 Å². The first-order valence-corrected chi connectivity index (χ1v) is 7.08. The van der Waals surface area contributed by atoms with E-state index >= 15 is 0 Å². The number of phenolic OH excluding ortho intramolecular Hbond substituents is 2. The Bertz CT molecular complexity index is 831. The fourth-order valence-electron chi connectivity index (χ4n) is 2.25. The number of phenols is 2. The number of aromatic hydroxyl groups is 2. The Hall–Kier alpha value is -3.21. The van der Waals surface area contributed by atoms with E-state index in [4.69, 9.17) is 0 Å². The van der Waals surface area contributed by atoms with Gasteiger partial charge in [-0.05, 0) is 41.5 Å². The number of pyridine rings is 2. The van der Waals surface area contributed by atoms with Crippen molar-refractivity contribution in [3.8, 4) is 22.6 Å². The van der Waals surface area contributed by atoms with E-state index in [0.29, 0.717) is 5.56 Å². The second-order valence-electron chi connectivity index (χ2n) is 5.12. The summed E-state index contributed by atoms with van der Waals surface area (Å²) in [7, 11) is 0. The molecular formula is C18H15N2O3+. The number of aromatic nitrogens is 2. The fourth-order valence-corrected chi connectivity index (χ4v) is 2.25. The van der Waals surface area contributed by atoms with Crippen molar-refractivity contribution in [3.05, 3.63) is 72.8 Å². The first kappa shape index (κ1) is 14.7. The van der Waals surface area contributed by atoms with Crippen molar-refractivity contribution >= 4 is 5.78 Å². The van der Waals surface area contributed by atoms with Gasteiger partial charge in [-0.3, -0.25) is 9.78 Å². The van der Waals surface area contributed by atoms with Crippen LogP contribution in [0.5, 0.6) is 11.5 Å². The third kappa shape index (κ3) is 3.35. The standard InChI is InChI=1S/C18H14N2O3/c21-16-2-1-15(11-17(16)22)18(23)12-20-9-5-14(6-10-20)13-3-7-19-8-4-13/h1-11,19H,12H2/p+1. The zero-order valence-corrected chi connectivity index (χ0v) is 12.3. The van der Waals surface area contributed by atoms with Crippen LogP contribution < -0.4 is 4.57 Å². The molecule has 0 unspecified atom stereocenters. The van der Waals surface area contributed by atoms with Crippen LogP contribution in [0, 0.1) is 0 Å². The molecule has 0 aliphatic carbocycles. The second-order valence-corrected chi connectivity index (χ2v) is 5.12. The van der Waals surface area contributed by atoms with Gasteiger partial charge in [0.15, 0.2) is 23.9 Å². The molecule has 2 aromatic heterocycles. The SMILES string of the molecule is O=C(C[n+]1ccc(-c2ccncc2)cc1)c1ccc(O)c(O)c1. The van der Waals surface area contributed by atoms with Crippen molar-refractivity contribution in [1.82, 2.24) is 4.98 Å². The summed E-state index contributed by atoms with van der Waals surface area (Å²) in [5.41, 5.74) is 2.45. The lowest BCUT2D eigenvalue weighted by Crippen LogP contribution is -2.37. The molecule has 0 atom stereocenters. The summed E-state index contributed by atoms with van der Waals surface area (Å²) in [5, 5.41) is 18.7. The Kier molecular flexibility index (Phi) is 4.01. The van der Waals surface area contributed by atoms with E-state index in [1.54, 1.807) is 17.0 Å². The summed E-state index contributed by atoms with van der Waals surface area (Å²) in [6.07, 6.45) is 7.12. The first-order chi connectivity index (χ1) is 11.1. The number of ketones is 1. The predicted octanol–water partition coefficient (Wildman–Crippen LogP) is 2.33. The van der Waals surface area contributed by atoms with Crippen LogP contribution in [0.3, 0.4) is 0 Å².